The maximum absolute atomic E-state index is 11.8. The average molecular weight is 370 g/mol. The van der Waals surface area contributed by atoms with Gasteiger partial charge in [-0.2, -0.15) is 0 Å². The molecule has 0 bridgehead atoms. The summed E-state index contributed by atoms with van der Waals surface area (Å²) in [5.74, 6) is 0.0432. The van der Waals surface area contributed by atoms with Gasteiger partial charge in [-0.15, -0.1) is 0 Å². The van der Waals surface area contributed by atoms with Gasteiger partial charge in [0, 0.05) is 35.3 Å². The van der Waals surface area contributed by atoms with Crippen LogP contribution in [0.25, 0.3) is 0 Å². The summed E-state index contributed by atoms with van der Waals surface area (Å²) >= 11 is 12.5. The molecule has 0 saturated heterocycles. The van der Waals surface area contributed by atoms with Crippen molar-refractivity contribution in [2.75, 3.05) is 19.8 Å². The summed E-state index contributed by atoms with van der Waals surface area (Å²) in [5.41, 5.74) is 3.09. The number of sulfone groups is 1. The van der Waals surface area contributed by atoms with Crippen LogP contribution in [0.2, 0.25) is 10.0 Å². The van der Waals surface area contributed by atoms with Crippen molar-refractivity contribution in [1.29, 1.82) is 0 Å². The molecule has 2 aromatic carbocycles. The van der Waals surface area contributed by atoms with Crippen LogP contribution in [0.3, 0.4) is 0 Å². The molecule has 3 rings (SSSR count). The van der Waals surface area contributed by atoms with Crippen LogP contribution in [-0.2, 0) is 16.4 Å². The molecule has 1 aliphatic heterocycles. The van der Waals surface area contributed by atoms with Crippen molar-refractivity contribution >= 4 is 33.0 Å². The van der Waals surface area contributed by atoms with Crippen molar-refractivity contribution in [3.05, 3.63) is 63.1 Å². The van der Waals surface area contributed by atoms with E-state index in [1.165, 1.54) is 6.26 Å². The Morgan fingerprint density at radius 1 is 1.17 bits per heavy atom. The zero-order valence-corrected chi connectivity index (χ0v) is 15.2. The van der Waals surface area contributed by atoms with E-state index in [2.05, 4.69) is 4.90 Å². The highest BCUT2D eigenvalue weighted by molar-refractivity contribution is 7.90. The van der Waals surface area contributed by atoms with E-state index in [0.29, 0.717) is 14.9 Å². The van der Waals surface area contributed by atoms with E-state index in [4.69, 9.17) is 23.2 Å². The lowest BCUT2D eigenvalue weighted by atomic mass is 9.85. The lowest BCUT2D eigenvalue weighted by molar-refractivity contribution is 0.295. The van der Waals surface area contributed by atoms with E-state index >= 15 is 0 Å². The van der Waals surface area contributed by atoms with E-state index in [-0.39, 0.29) is 5.92 Å². The van der Waals surface area contributed by atoms with Crippen LogP contribution in [0.15, 0.2) is 41.3 Å². The summed E-state index contributed by atoms with van der Waals surface area (Å²) in [6, 6.07) is 10.8. The van der Waals surface area contributed by atoms with Crippen LogP contribution in [0.1, 0.15) is 22.6 Å². The van der Waals surface area contributed by atoms with Gasteiger partial charge >= 0.3 is 0 Å². The minimum Gasteiger partial charge on any atom is -0.301 e. The fourth-order valence-corrected chi connectivity index (χ4v) is 4.34. The van der Waals surface area contributed by atoms with Gasteiger partial charge in [0.1, 0.15) is 0 Å². The summed E-state index contributed by atoms with van der Waals surface area (Å²) in [5, 5.41) is 1.26. The van der Waals surface area contributed by atoms with Gasteiger partial charge in [-0.05, 0) is 48.0 Å². The van der Waals surface area contributed by atoms with E-state index < -0.39 is 9.84 Å². The van der Waals surface area contributed by atoms with Gasteiger partial charge in [-0.25, -0.2) is 8.42 Å². The topological polar surface area (TPSA) is 37.4 Å². The van der Waals surface area contributed by atoms with Gasteiger partial charge in [-0.1, -0.05) is 35.3 Å². The zero-order chi connectivity index (χ0) is 16.8. The molecule has 0 aliphatic carbocycles. The number of likely N-dealkylation sites (N-methyl/N-ethyl adjacent to an activating group) is 1. The molecule has 0 unspecified atom stereocenters. The van der Waals surface area contributed by atoms with Crippen LogP contribution in [0.5, 0.6) is 0 Å². The molecule has 122 valence electrons. The number of hydrogen-bond donors (Lipinski definition) is 0. The third-order valence-corrected chi connectivity index (χ3v) is 5.85. The van der Waals surface area contributed by atoms with Crippen LogP contribution < -0.4 is 0 Å². The fourth-order valence-electron chi connectivity index (χ4n) is 3.09. The number of rotatable bonds is 2. The van der Waals surface area contributed by atoms with E-state index in [9.17, 15) is 8.42 Å². The van der Waals surface area contributed by atoms with Crippen molar-refractivity contribution in [1.82, 2.24) is 4.90 Å². The minimum absolute atomic E-state index is 0.0432. The molecule has 0 aromatic heterocycles. The largest absolute Gasteiger partial charge is 0.301 e. The minimum atomic E-state index is -3.24. The van der Waals surface area contributed by atoms with Crippen molar-refractivity contribution < 1.29 is 8.42 Å². The Kier molecular flexibility index (Phi) is 4.45. The van der Waals surface area contributed by atoms with Crippen molar-refractivity contribution in [2.45, 2.75) is 17.4 Å². The molecule has 2 aromatic rings. The zero-order valence-electron chi connectivity index (χ0n) is 12.9. The van der Waals surface area contributed by atoms with Gasteiger partial charge in [0.05, 0.1) is 4.90 Å². The Morgan fingerprint density at radius 2 is 1.91 bits per heavy atom. The van der Waals surface area contributed by atoms with Gasteiger partial charge < -0.3 is 4.90 Å². The first kappa shape index (κ1) is 16.8. The SMILES string of the molecule is CN1Cc2c(Cl)cc(Cl)cc2[C@H](c2cccc(S(C)(=O)=O)c2)C1. The quantitative estimate of drug-likeness (QED) is 0.803. The highest BCUT2D eigenvalue weighted by atomic mass is 35.5. The Labute approximate surface area is 146 Å². The standard InChI is InChI=1S/C17H17Cl2NO2S/c1-20-9-15(11-4-3-5-13(6-11)23(2,21)22)14-7-12(18)8-17(19)16(14)10-20/h3-8,15H,9-10H2,1-2H3/t15-/m0/s1. The van der Waals surface area contributed by atoms with Gasteiger partial charge in [-0.3, -0.25) is 0 Å². The lowest BCUT2D eigenvalue weighted by Gasteiger charge is -2.33. The van der Waals surface area contributed by atoms with Crippen molar-refractivity contribution in [3.8, 4) is 0 Å². The second-order valence-corrected chi connectivity index (χ2v) is 8.91. The summed E-state index contributed by atoms with van der Waals surface area (Å²) in [6.45, 7) is 1.55. The molecule has 0 fully saturated rings. The highest BCUT2D eigenvalue weighted by Gasteiger charge is 2.27. The third-order valence-electron chi connectivity index (χ3n) is 4.18. The first-order valence-corrected chi connectivity index (χ1v) is 9.87. The molecule has 1 atom stereocenters. The van der Waals surface area contributed by atoms with Gasteiger partial charge in [0.25, 0.3) is 0 Å². The molecule has 1 heterocycles. The van der Waals surface area contributed by atoms with Crippen LogP contribution in [0.4, 0.5) is 0 Å². The predicted octanol–water partition coefficient (Wildman–Crippen LogP) is 3.97. The molecule has 1 aliphatic rings. The molecule has 0 saturated carbocycles. The number of benzene rings is 2. The van der Waals surface area contributed by atoms with E-state index in [0.717, 1.165) is 29.8 Å². The third kappa shape index (κ3) is 3.41. The Hall–Kier alpha value is -1.07. The summed E-state index contributed by atoms with van der Waals surface area (Å²) in [6.07, 6.45) is 1.22. The molecule has 0 amide bonds. The number of fused-ring (bicyclic) bond motifs is 1. The number of nitrogens with zero attached hydrogens (tertiary/aromatic N) is 1. The maximum atomic E-state index is 11.8. The van der Waals surface area contributed by atoms with E-state index in [1.807, 2.05) is 19.2 Å². The predicted molar refractivity (Wildman–Crippen MR) is 94.2 cm³/mol. The molecule has 0 spiro atoms. The molecular weight excluding hydrogens is 353 g/mol. The Morgan fingerprint density at radius 3 is 2.61 bits per heavy atom. The molecule has 0 N–H and O–H groups in total. The normalized spacial score (nSPS) is 18.7. The number of hydrogen-bond acceptors (Lipinski definition) is 3. The summed E-state index contributed by atoms with van der Waals surface area (Å²) in [7, 11) is -1.21. The first-order valence-electron chi connectivity index (χ1n) is 7.22. The summed E-state index contributed by atoms with van der Waals surface area (Å²) in [4.78, 5) is 2.51. The second kappa shape index (κ2) is 6.10. The van der Waals surface area contributed by atoms with Crippen LogP contribution in [-0.4, -0.2) is 33.2 Å². The fraction of sp³-hybridized carbons (Fsp3) is 0.294. The first-order chi connectivity index (χ1) is 10.8. The van der Waals surface area contributed by atoms with Gasteiger partial charge in [0.2, 0.25) is 0 Å². The Balaban J connectivity index is 2.15. The molecule has 3 nitrogen and oxygen atoms in total. The average Bonchev–Trinajstić information content (AvgIpc) is 2.47. The van der Waals surface area contributed by atoms with Crippen LogP contribution in [0, 0.1) is 0 Å². The highest BCUT2D eigenvalue weighted by Crippen LogP contribution is 2.38. The van der Waals surface area contributed by atoms with Gasteiger partial charge in [0.15, 0.2) is 9.84 Å². The maximum Gasteiger partial charge on any atom is 0.175 e. The Bertz CT molecular complexity index is 865. The molecule has 23 heavy (non-hydrogen) atoms. The van der Waals surface area contributed by atoms with Crippen molar-refractivity contribution in [2.24, 2.45) is 0 Å². The number of halogens is 2. The van der Waals surface area contributed by atoms with E-state index in [1.54, 1.807) is 24.3 Å². The monoisotopic (exact) mass is 369 g/mol. The van der Waals surface area contributed by atoms with Crippen molar-refractivity contribution in [3.63, 3.8) is 0 Å². The molecule has 6 heteroatoms. The molecule has 0 radical (unpaired) electrons. The summed E-state index contributed by atoms with van der Waals surface area (Å²) < 4.78 is 23.7. The molecular formula is C17H17Cl2NO2S. The smallest absolute Gasteiger partial charge is 0.175 e. The second-order valence-electron chi connectivity index (χ2n) is 6.05. The lowest BCUT2D eigenvalue weighted by Crippen LogP contribution is -2.31. The van der Waals surface area contributed by atoms with Crippen LogP contribution >= 0.6 is 23.2 Å².